The molecule has 0 aliphatic carbocycles. The molecule has 0 saturated carbocycles. The molecule has 0 aromatic carbocycles. The quantitative estimate of drug-likeness (QED) is 0.757. The Kier molecular flexibility index (Phi) is 2.67. The molecule has 16 heavy (non-hydrogen) atoms. The maximum absolute atomic E-state index is 11.4. The zero-order valence-electron chi connectivity index (χ0n) is 8.97. The minimum absolute atomic E-state index is 0.0561. The van der Waals surface area contributed by atoms with Crippen LogP contribution >= 0.6 is 0 Å². The molecule has 0 amide bonds. The van der Waals surface area contributed by atoms with Crippen LogP contribution in [0.2, 0.25) is 0 Å². The number of esters is 1. The van der Waals surface area contributed by atoms with E-state index in [1.807, 2.05) is 0 Å². The van der Waals surface area contributed by atoms with Gasteiger partial charge in [0, 0.05) is 13.2 Å². The van der Waals surface area contributed by atoms with Crippen LogP contribution in [0.1, 0.15) is 17.5 Å². The Bertz CT molecular complexity index is 488. The van der Waals surface area contributed by atoms with Gasteiger partial charge in [-0.3, -0.25) is 5.10 Å². The number of aromatic amines is 1. The number of H-pyrrole nitrogens is 1. The molecule has 2 aromatic rings. The largest absolute Gasteiger partial charge is 0.460 e. The lowest BCUT2D eigenvalue weighted by atomic mass is 10.3. The van der Waals surface area contributed by atoms with Gasteiger partial charge in [0.15, 0.2) is 5.82 Å². The van der Waals surface area contributed by atoms with E-state index >= 15 is 0 Å². The van der Waals surface area contributed by atoms with Gasteiger partial charge in [-0.15, -0.1) is 5.10 Å². The van der Waals surface area contributed by atoms with Crippen molar-refractivity contribution in [1.29, 1.82) is 0 Å². The number of carbonyl (C=O) groups is 1. The highest BCUT2D eigenvalue weighted by atomic mass is 16.5. The van der Waals surface area contributed by atoms with E-state index in [1.54, 1.807) is 26.4 Å². The first kappa shape index (κ1) is 10.3. The fourth-order valence-corrected chi connectivity index (χ4v) is 1.29. The van der Waals surface area contributed by atoms with E-state index < -0.39 is 5.97 Å². The van der Waals surface area contributed by atoms with Gasteiger partial charge in [0.25, 0.3) is 5.82 Å². The molecular formula is C9H11N5O2. The average molecular weight is 221 g/mol. The molecule has 84 valence electrons. The van der Waals surface area contributed by atoms with Crippen LogP contribution in [0.15, 0.2) is 12.4 Å². The number of aromatic nitrogens is 5. The lowest BCUT2D eigenvalue weighted by molar-refractivity contribution is 0.0512. The smallest absolute Gasteiger partial charge is 0.378 e. The molecule has 2 heterocycles. The molecule has 0 aliphatic rings. The maximum Gasteiger partial charge on any atom is 0.378 e. The Labute approximate surface area is 91.4 Å². The van der Waals surface area contributed by atoms with E-state index in [-0.39, 0.29) is 5.82 Å². The van der Waals surface area contributed by atoms with Crippen LogP contribution in [0.25, 0.3) is 11.4 Å². The second-order valence-corrected chi connectivity index (χ2v) is 3.09. The van der Waals surface area contributed by atoms with E-state index in [0.717, 1.165) is 5.56 Å². The number of ether oxygens (including phenoxy) is 1. The number of carbonyl (C=O) groups excluding carboxylic acids is 1. The first-order chi connectivity index (χ1) is 7.72. The van der Waals surface area contributed by atoms with E-state index in [0.29, 0.717) is 12.4 Å². The van der Waals surface area contributed by atoms with Crippen molar-refractivity contribution >= 4 is 5.97 Å². The number of nitrogens with one attached hydrogen (secondary N) is 1. The topological polar surface area (TPSA) is 85.7 Å². The van der Waals surface area contributed by atoms with Crippen molar-refractivity contribution in [3.63, 3.8) is 0 Å². The van der Waals surface area contributed by atoms with Gasteiger partial charge in [-0.2, -0.15) is 5.10 Å². The number of rotatable bonds is 3. The summed E-state index contributed by atoms with van der Waals surface area (Å²) in [7, 11) is 1.71. The van der Waals surface area contributed by atoms with Crippen LogP contribution in [0, 0.1) is 0 Å². The monoisotopic (exact) mass is 221 g/mol. The van der Waals surface area contributed by atoms with E-state index in [1.165, 1.54) is 4.68 Å². The number of nitrogens with zero attached hydrogens (tertiary/aromatic N) is 4. The summed E-state index contributed by atoms with van der Waals surface area (Å²) < 4.78 is 6.32. The number of aryl methyl sites for hydroxylation is 1. The van der Waals surface area contributed by atoms with Gasteiger partial charge in [0.05, 0.1) is 18.4 Å². The lowest BCUT2D eigenvalue weighted by Gasteiger charge is -1.94. The molecule has 0 bridgehead atoms. The minimum Gasteiger partial charge on any atom is -0.460 e. The molecule has 0 radical (unpaired) electrons. The Morgan fingerprint density at radius 2 is 2.44 bits per heavy atom. The molecule has 0 aliphatic heterocycles. The zero-order valence-corrected chi connectivity index (χ0v) is 8.97. The van der Waals surface area contributed by atoms with E-state index in [2.05, 4.69) is 20.3 Å². The standard InChI is InChI=1S/C9H11N5O2/c1-3-16-9(15)7-12-8(14(2)13-7)6-4-10-11-5-6/h4-5H,3H2,1-2H3,(H,10,11). The van der Waals surface area contributed by atoms with Crippen molar-refractivity contribution in [3.8, 4) is 11.4 Å². The summed E-state index contributed by atoms with van der Waals surface area (Å²) in [5, 5.41) is 10.5. The summed E-state index contributed by atoms with van der Waals surface area (Å²) in [5.41, 5.74) is 0.769. The summed E-state index contributed by atoms with van der Waals surface area (Å²) in [6.07, 6.45) is 3.29. The van der Waals surface area contributed by atoms with Gasteiger partial charge >= 0.3 is 5.97 Å². The van der Waals surface area contributed by atoms with Gasteiger partial charge in [0.2, 0.25) is 0 Å². The fourth-order valence-electron chi connectivity index (χ4n) is 1.29. The normalized spacial score (nSPS) is 10.4. The van der Waals surface area contributed by atoms with Crippen LogP contribution in [0.3, 0.4) is 0 Å². The second kappa shape index (κ2) is 4.13. The van der Waals surface area contributed by atoms with Crippen molar-refractivity contribution in [1.82, 2.24) is 25.0 Å². The van der Waals surface area contributed by atoms with Crippen LogP contribution < -0.4 is 0 Å². The van der Waals surface area contributed by atoms with Gasteiger partial charge in [-0.05, 0) is 6.92 Å². The molecule has 0 unspecified atom stereocenters. The predicted molar refractivity (Wildman–Crippen MR) is 54.5 cm³/mol. The Balaban J connectivity index is 2.32. The molecule has 0 spiro atoms. The van der Waals surface area contributed by atoms with Crippen molar-refractivity contribution in [2.24, 2.45) is 7.05 Å². The molecule has 0 atom stereocenters. The fraction of sp³-hybridized carbons (Fsp3) is 0.333. The van der Waals surface area contributed by atoms with Gasteiger partial charge < -0.3 is 4.74 Å². The number of hydrogen-bond donors (Lipinski definition) is 1. The molecule has 0 fully saturated rings. The molecule has 7 heteroatoms. The third kappa shape index (κ3) is 1.79. The highest BCUT2D eigenvalue weighted by Crippen LogP contribution is 2.14. The van der Waals surface area contributed by atoms with Crippen molar-refractivity contribution in [3.05, 3.63) is 18.2 Å². The lowest BCUT2D eigenvalue weighted by Crippen LogP contribution is -2.07. The molecule has 0 saturated heterocycles. The summed E-state index contributed by atoms with van der Waals surface area (Å²) in [5.74, 6) is 0.102. The molecular weight excluding hydrogens is 210 g/mol. The Morgan fingerprint density at radius 3 is 3.06 bits per heavy atom. The van der Waals surface area contributed by atoms with Gasteiger partial charge in [-0.25, -0.2) is 14.5 Å². The molecule has 1 N–H and O–H groups in total. The summed E-state index contributed by atoms with van der Waals surface area (Å²) >= 11 is 0. The second-order valence-electron chi connectivity index (χ2n) is 3.09. The third-order valence-corrected chi connectivity index (χ3v) is 1.98. The predicted octanol–water partition coefficient (Wildman–Crippen LogP) is 0.382. The molecule has 7 nitrogen and oxygen atoms in total. The Hall–Kier alpha value is -2.18. The molecule has 2 aromatic heterocycles. The van der Waals surface area contributed by atoms with Crippen LogP contribution in [-0.4, -0.2) is 37.5 Å². The van der Waals surface area contributed by atoms with E-state index in [4.69, 9.17) is 4.74 Å². The Morgan fingerprint density at radius 1 is 1.62 bits per heavy atom. The van der Waals surface area contributed by atoms with E-state index in [9.17, 15) is 4.79 Å². The average Bonchev–Trinajstić information content (AvgIpc) is 2.86. The van der Waals surface area contributed by atoms with Crippen molar-refractivity contribution in [2.45, 2.75) is 6.92 Å². The first-order valence-electron chi connectivity index (χ1n) is 4.79. The van der Waals surface area contributed by atoms with Gasteiger partial charge in [-0.1, -0.05) is 0 Å². The summed E-state index contributed by atoms with van der Waals surface area (Å²) in [6.45, 7) is 2.04. The maximum atomic E-state index is 11.4. The van der Waals surface area contributed by atoms with Crippen molar-refractivity contribution < 1.29 is 9.53 Å². The summed E-state index contributed by atoms with van der Waals surface area (Å²) in [4.78, 5) is 15.5. The third-order valence-electron chi connectivity index (χ3n) is 1.98. The van der Waals surface area contributed by atoms with Gasteiger partial charge in [0.1, 0.15) is 0 Å². The minimum atomic E-state index is -0.521. The highest BCUT2D eigenvalue weighted by molar-refractivity contribution is 5.85. The first-order valence-corrected chi connectivity index (χ1v) is 4.79. The molecule has 2 rings (SSSR count). The zero-order chi connectivity index (χ0) is 11.5. The van der Waals surface area contributed by atoms with Crippen molar-refractivity contribution in [2.75, 3.05) is 6.61 Å². The highest BCUT2D eigenvalue weighted by Gasteiger charge is 2.16. The number of hydrogen-bond acceptors (Lipinski definition) is 5. The van der Waals surface area contributed by atoms with Crippen LogP contribution in [0.4, 0.5) is 0 Å². The van der Waals surface area contributed by atoms with Crippen LogP contribution in [-0.2, 0) is 11.8 Å². The SMILES string of the molecule is CCOC(=O)c1nc(-c2cn[nH]c2)n(C)n1. The van der Waals surface area contributed by atoms with Crippen LogP contribution in [0.5, 0.6) is 0 Å². The summed E-state index contributed by atoms with van der Waals surface area (Å²) in [6, 6.07) is 0.